The van der Waals surface area contributed by atoms with Crippen LogP contribution in [0, 0.1) is 0 Å². The molecule has 0 saturated carbocycles. The first-order chi connectivity index (χ1) is 11.5. The zero-order valence-electron chi connectivity index (χ0n) is 12.4. The molecule has 120 valence electrons. The van der Waals surface area contributed by atoms with Gasteiger partial charge in [-0.05, 0) is 24.3 Å². The quantitative estimate of drug-likeness (QED) is 0.549. The predicted octanol–water partition coefficient (Wildman–Crippen LogP) is 2.06. The number of hydrogen-bond acceptors (Lipinski definition) is 4. The van der Waals surface area contributed by atoms with E-state index in [1.165, 1.54) is 18.2 Å². The normalized spacial score (nSPS) is 10.5. The number of pyridine rings is 1. The number of nitrogens with two attached hydrogens (primary N) is 1. The number of carboxylic acids is 1. The summed E-state index contributed by atoms with van der Waals surface area (Å²) in [4.78, 5) is 38.3. The average Bonchev–Trinajstić information content (AvgIpc) is 2.55. The number of aromatic carboxylic acids is 1. The lowest BCUT2D eigenvalue weighted by molar-refractivity contribution is 0.0698. The summed E-state index contributed by atoms with van der Waals surface area (Å²) in [7, 11) is 0. The first-order valence-corrected chi connectivity index (χ1v) is 7.02. The number of carboxylic acid groups (broad SMARTS) is 1. The number of para-hydroxylation sites is 2. The van der Waals surface area contributed by atoms with Crippen LogP contribution in [-0.4, -0.2) is 22.0 Å². The molecule has 1 heterocycles. The van der Waals surface area contributed by atoms with Crippen molar-refractivity contribution in [2.75, 3.05) is 11.1 Å². The van der Waals surface area contributed by atoms with Crippen LogP contribution >= 0.6 is 0 Å². The summed E-state index contributed by atoms with van der Waals surface area (Å²) in [6, 6.07) is 12.4. The maximum absolute atomic E-state index is 12.4. The van der Waals surface area contributed by atoms with Crippen LogP contribution in [0.4, 0.5) is 11.4 Å². The van der Waals surface area contributed by atoms with Gasteiger partial charge in [0.1, 0.15) is 5.56 Å². The van der Waals surface area contributed by atoms with E-state index < -0.39 is 17.4 Å². The van der Waals surface area contributed by atoms with Crippen LogP contribution in [0.1, 0.15) is 20.7 Å². The van der Waals surface area contributed by atoms with E-state index in [1.54, 1.807) is 30.3 Å². The number of rotatable bonds is 3. The Labute approximate surface area is 135 Å². The summed E-state index contributed by atoms with van der Waals surface area (Å²) in [5.74, 6) is -1.87. The molecule has 24 heavy (non-hydrogen) atoms. The summed E-state index contributed by atoms with van der Waals surface area (Å²) >= 11 is 0. The molecule has 1 amide bonds. The molecule has 1 aromatic heterocycles. The lowest BCUT2D eigenvalue weighted by atomic mass is 10.1. The summed E-state index contributed by atoms with van der Waals surface area (Å²) < 4.78 is 0. The fourth-order valence-corrected chi connectivity index (χ4v) is 2.39. The van der Waals surface area contributed by atoms with Gasteiger partial charge in [0.2, 0.25) is 0 Å². The van der Waals surface area contributed by atoms with Crippen molar-refractivity contribution >= 4 is 34.2 Å². The molecule has 0 fully saturated rings. The Morgan fingerprint density at radius 3 is 2.54 bits per heavy atom. The molecule has 5 N–H and O–H groups in total. The van der Waals surface area contributed by atoms with E-state index in [1.807, 2.05) is 0 Å². The van der Waals surface area contributed by atoms with Crippen LogP contribution in [0.2, 0.25) is 0 Å². The van der Waals surface area contributed by atoms with Crippen molar-refractivity contribution in [2.24, 2.45) is 0 Å². The van der Waals surface area contributed by atoms with Crippen molar-refractivity contribution in [3.8, 4) is 0 Å². The maximum atomic E-state index is 12.4. The van der Waals surface area contributed by atoms with E-state index in [0.29, 0.717) is 16.6 Å². The lowest BCUT2D eigenvalue weighted by Crippen LogP contribution is -2.24. The van der Waals surface area contributed by atoms with Crippen molar-refractivity contribution in [1.29, 1.82) is 0 Å². The summed E-state index contributed by atoms with van der Waals surface area (Å²) in [6.07, 6.45) is 0. The Kier molecular flexibility index (Phi) is 3.75. The number of fused-ring (bicyclic) bond motifs is 1. The summed E-state index contributed by atoms with van der Waals surface area (Å²) in [5.41, 5.74) is 5.95. The molecule has 0 aliphatic rings. The van der Waals surface area contributed by atoms with Gasteiger partial charge in [0.25, 0.3) is 11.5 Å². The summed E-state index contributed by atoms with van der Waals surface area (Å²) in [6.45, 7) is 0. The maximum Gasteiger partial charge on any atom is 0.337 e. The molecule has 0 aliphatic heterocycles. The van der Waals surface area contributed by atoms with Crippen LogP contribution in [0.25, 0.3) is 10.9 Å². The van der Waals surface area contributed by atoms with Gasteiger partial charge in [-0.25, -0.2) is 4.79 Å². The zero-order chi connectivity index (χ0) is 17.3. The predicted molar refractivity (Wildman–Crippen MR) is 90.3 cm³/mol. The van der Waals surface area contributed by atoms with E-state index in [2.05, 4.69) is 10.3 Å². The molecule has 2 aromatic carbocycles. The Morgan fingerprint density at radius 2 is 1.79 bits per heavy atom. The van der Waals surface area contributed by atoms with Crippen molar-refractivity contribution in [2.45, 2.75) is 0 Å². The fraction of sp³-hybridized carbons (Fsp3) is 0. The van der Waals surface area contributed by atoms with Gasteiger partial charge in [-0.1, -0.05) is 24.3 Å². The highest BCUT2D eigenvalue weighted by molar-refractivity contribution is 6.09. The monoisotopic (exact) mass is 323 g/mol. The van der Waals surface area contributed by atoms with Crippen molar-refractivity contribution in [1.82, 2.24) is 4.98 Å². The van der Waals surface area contributed by atoms with Gasteiger partial charge in [-0.15, -0.1) is 0 Å². The number of nitrogens with one attached hydrogen (secondary N) is 2. The number of nitrogen functional groups attached to an aromatic ring is 1. The van der Waals surface area contributed by atoms with E-state index in [4.69, 9.17) is 10.8 Å². The average molecular weight is 323 g/mol. The molecule has 3 rings (SSSR count). The van der Waals surface area contributed by atoms with Gasteiger partial charge >= 0.3 is 5.97 Å². The zero-order valence-corrected chi connectivity index (χ0v) is 12.4. The molecule has 3 aromatic rings. The Bertz CT molecular complexity index is 1020. The molecular weight excluding hydrogens is 310 g/mol. The molecule has 0 unspecified atom stereocenters. The number of aromatic nitrogens is 1. The third-order valence-electron chi connectivity index (χ3n) is 3.56. The number of benzene rings is 2. The van der Waals surface area contributed by atoms with Crippen molar-refractivity contribution in [3.63, 3.8) is 0 Å². The minimum atomic E-state index is -1.17. The smallest absolute Gasteiger partial charge is 0.337 e. The first-order valence-electron chi connectivity index (χ1n) is 7.02. The van der Waals surface area contributed by atoms with Crippen LogP contribution < -0.4 is 16.6 Å². The second kappa shape index (κ2) is 5.88. The topological polar surface area (TPSA) is 125 Å². The minimum Gasteiger partial charge on any atom is -0.478 e. The SMILES string of the molecule is Nc1cccc2cc(C(=O)Nc3ccccc3C(=O)O)c(=O)[nH]c12. The molecule has 0 aliphatic carbocycles. The van der Waals surface area contributed by atoms with Gasteiger partial charge in [0, 0.05) is 5.39 Å². The third-order valence-corrected chi connectivity index (χ3v) is 3.56. The number of amides is 1. The Balaban J connectivity index is 2.02. The highest BCUT2D eigenvalue weighted by Crippen LogP contribution is 2.19. The highest BCUT2D eigenvalue weighted by atomic mass is 16.4. The summed E-state index contributed by atoms with van der Waals surface area (Å²) in [5, 5.41) is 12.2. The largest absolute Gasteiger partial charge is 0.478 e. The second-order valence-corrected chi connectivity index (χ2v) is 5.13. The molecular formula is C17H13N3O4. The number of aromatic amines is 1. The van der Waals surface area contributed by atoms with Gasteiger partial charge in [0.05, 0.1) is 22.5 Å². The van der Waals surface area contributed by atoms with Crippen molar-refractivity contribution in [3.05, 3.63) is 70.0 Å². The van der Waals surface area contributed by atoms with E-state index in [0.717, 1.165) is 0 Å². The minimum absolute atomic E-state index is 0.0627. The lowest BCUT2D eigenvalue weighted by Gasteiger charge is -2.09. The number of H-pyrrole nitrogens is 1. The number of carbonyl (C=O) groups excluding carboxylic acids is 1. The van der Waals surface area contributed by atoms with Crippen molar-refractivity contribution < 1.29 is 14.7 Å². The molecule has 0 radical (unpaired) electrons. The number of carbonyl (C=O) groups is 2. The third kappa shape index (κ3) is 2.70. The number of hydrogen-bond donors (Lipinski definition) is 4. The Morgan fingerprint density at radius 1 is 1.04 bits per heavy atom. The van der Waals surface area contributed by atoms with E-state index in [-0.39, 0.29) is 16.8 Å². The first kappa shape index (κ1) is 15.3. The molecule has 7 nitrogen and oxygen atoms in total. The second-order valence-electron chi connectivity index (χ2n) is 5.13. The van der Waals surface area contributed by atoms with Crippen LogP contribution in [-0.2, 0) is 0 Å². The van der Waals surface area contributed by atoms with Crippen LogP contribution in [0.3, 0.4) is 0 Å². The molecule has 0 saturated heterocycles. The van der Waals surface area contributed by atoms with Gasteiger partial charge in [-0.2, -0.15) is 0 Å². The Hall–Kier alpha value is -3.61. The molecule has 0 bridgehead atoms. The highest BCUT2D eigenvalue weighted by Gasteiger charge is 2.16. The number of anilines is 2. The van der Waals surface area contributed by atoms with Crippen LogP contribution in [0.15, 0.2) is 53.3 Å². The van der Waals surface area contributed by atoms with Gasteiger partial charge < -0.3 is 21.1 Å². The standard InChI is InChI=1S/C17H13N3O4/c18-12-6-3-4-9-8-11(16(22)20-14(9)12)15(21)19-13-7-2-1-5-10(13)17(23)24/h1-8H,18H2,(H,19,21)(H,20,22)(H,23,24). The molecule has 7 heteroatoms. The van der Waals surface area contributed by atoms with E-state index in [9.17, 15) is 14.4 Å². The fourth-order valence-electron chi connectivity index (χ4n) is 2.39. The van der Waals surface area contributed by atoms with E-state index >= 15 is 0 Å². The van der Waals surface area contributed by atoms with Gasteiger partial charge in [-0.3, -0.25) is 9.59 Å². The van der Waals surface area contributed by atoms with Gasteiger partial charge in [0.15, 0.2) is 0 Å². The molecule has 0 atom stereocenters. The molecule has 0 spiro atoms. The van der Waals surface area contributed by atoms with Crippen LogP contribution in [0.5, 0.6) is 0 Å².